The highest BCUT2D eigenvalue weighted by molar-refractivity contribution is 5.82. The Labute approximate surface area is 133 Å². The SMILES string of the molecule is Cc1cccc2cnn(CCC(=O)NCc3ccccc3F)c12. The van der Waals surface area contributed by atoms with Gasteiger partial charge in [-0.2, -0.15) is 5.10 Å². The highest BCUT2D eigenvalue weighted by atomic mass is 19.1. The number of para-hydroxylation sites is 1. The van der Waals surface area contributed by atoms with Gasteiger partial charge in [0.25, 0.3) is 0 Å². The largest absolute Gasteiger partial charge is 0.352 e. The van der Waals surface area contributed by atoms with Gasteiger partial charge in [-0.25, -0.2) is 4.39 Å². The second-order valence-corrected chi connectivity index (χ2v) is 5.50. The Morgan fingerprint density at radius 1 is 1.22 bits per heavy atom. The smallest absolute Gasteiger partial charge is 0.222 e. The summed E-state index contributed by atoms with van der Waals surface area (Å²) in [5.74, 6) is -0.424. The standard InChI is InChI=1S/C18H18FN3O/c1-13-5-4-7-15-12-21-22(18(13)15)10-9-17(23)20-11-14-6-2-3-8-16(14)19/h2-8,12H,9-11H2,1H3,(H,20,23). The Bertz CT molecular complexity index is 841. The van der Waals surface area contributed by atoms with E-state index < -0.39 is 0 Å². The van der Waals surface area contributed by atoms with E-state index in [0.29, 0.717) is 18.5 Å². The third kappa shape index (κ3) is 3.39. The van der Waals surface area contributed by atoms with Crippen LogP contribution in [0.25, 0.3) is 10.9 Å². The number of aryl methyl sites for hydroxylation is 2. The Hall–Kier alpha value is -2.69. The first-order valence-electron chi connectivity index (χ1n) is 7.56. The van der Waals surface area contributed by atoms with Crippen molar-refractivity contribution in [1.29, 1.82) is 0 Å². The third-order valence-corrected chi connectivity index (χ3v) is 3.85. The molecule has 5 heteroatoms. The molecule has 0 unspecified atom stereocenters. The number of nitrogens with zero attached hydrogens (tertiary/aromatic N) is 2. The summed E-state index contributed by atoms with van der Waals surface area (Å²) in [5, 5.41) is 8.15. The van der Waals surface area contributed by atoms with E-state index in [1.807, 2.05) is 29.8 Å². The van der Waals surface area contributed by atoms with Crippen LogP contribution in [0.1, 0.15) is 17.5 Å². The molecule has 0 aliphatic carbocycles. The second kappa shape index (κ2) is 6.60. The average Bonchev–Trinajstić information content (AvgIpc) is 2.97. The summed E-state index contributed by atoms with van der Waals surface area (Å²) in [6.45, 7) is 2.72. The quantitative estimate of drug-likeness (QED) is 0.786. The maximum atomic E-state index is 13.5. The zero-order chi connectivity index (χ0) is 16.2. The molecule has 4 nitrogen and oxygen atoms in total. The van der Waals surface area contributed by atoms with Gasteiger partial charge in [0, 0.05) is 23.9 Å². The summed E-state index contributed by atoms with van der Waals surface area (Å²) < 4.78 is 15.3. The van der Waals surface area contributed by atoms with Crippen molar-refractivity contribution in [3.8, 4) is 0 Å². The number of rotatable bonds is 5. The molecule has 0 fully saturated rings. The van der Waals surface area contributed by atoms with Crippen molar-refractivity contribution in [2.24, 2.45) is 0 Å². The van der Waals surface area contributed by atoms with Crippen molar-refractivity contribution < 1.29 is 9.18 Å². The highest BCUT2D eigenvalue weighted by Gasteiger charge is 2.08. The van der Waals surface area contributed by atoms with Gasteiger partial charge < -0.3 is 5.32 Å². The van der Waals surface area contributed by atoms with Crippen molar-refractivity contribution in [3.63, 3.8) is 0 Å². The first-order valence-corrected chi connectivity index (χ1v) is 7.56. The molecule has 0 spiro atoms. The predicted molar refractivity (Wildman–Crippen MR) is 87.3 cm³/mol. The average molecular weight is 311 g/mol. The first kappa shape index (κ1) is 15.2. The van der Waals surface area contributed by atoms with Crippen LogP contribution in [0.2, 0.25) is 0 Å². The molecule has 23 heavy (non-hydrogen) atoms. The van der Waals surface area contributed by atoms with Crippen LogP contribution in [-0.2, 0) is 17.9 Å². The Balaban J connectivity index is 1.59. The molecule has 0 aliphatic heterocycles. The van der Waals surface area contributed by atoms with Gasteiger partial charge in [0.05, 0.1) is 18.3 Å². The molecule has 118 valence electrons. The second-order valence-electron chi connectivity index (χ2n) is 5.50. The molecule has 0 aliphatic rings. The fraction of sp³-hybridized carbons (Fsp3) is 0.222. The summed E-state index contributed by atoms with van der Waals surface area (Å²) in [5.41, 5.74) is 2.67. The van der Waals surface area contributed by atoms with Gasteiger partial charge >= 0.3 is 0 Å². The molecule has 1 amide bonds. The number of carbonyl (C=O) groups excluding carboxylic acids is 1. The van der Waals surface area contributed by atoms with Gasteiger partial charge in [0.1, 0.15) is 5.82 Å². The number of aromatic nitrogens is 2. The van der Waals surface area contributed by atoms with Gasteiger partial charge in [-0.1, -0.05) is 36.4 Å². The molecule has 1 N–H and O–H groups in total. The van der Waals surface area contributed by atoms with Crippen molar-refractivity contribution in [1.82, 2.24) is 15.1 Å². The van der Waals surface area contributed by atoms with Gasteiger partial charge in [-0.3, -0.25) is 9.48 Å². The van der Waals surface area contributed by atoms with Gasteiger partial charge in [0.2, 0.25) is 5.91 Å². The van der Waals surface area contributed by atoms with Crippen molar-refractivity contribution in [2.45, 2.75) is 26.4 Å². The van der Waals surface area contributed by atoms with Crippen LogP contribution < -0.4 is 5.32 Å². The summed E-state index contributed by atoms with van der Waals surface area (Å²) >= 11 is 0. The summed E-state index contributed by atoms with van der Waals surface area (Å²) in [6.07, 6.45) is 2.11. The molecular formula is C18H18FN3O. The number of amides is 1. The Kier molecular flexibility index (Phi) is 4.37. The lowest BCUT2D eigenvalue weighted by atomic mass is 10.2. The minimum atomic E-state index is -0.304. The third-order valence-electron chi connectivity index (χ3n) is 3.85. The van der Waals surface area contributed by atoms with E-state index in [4.69, 9.17) is 0 Å². The molecule has 0 atom stereocenters. The summed E-state index contributed by atoms with van der Waals surface area (Å²) in [4.78, 5) is 12.0. The van der Waals surface area contributed by atoms with Crippen LogP contribution in [0.15, 0.2) is 48.7 Å². The lowest BCUT2D eigenvalue weighted by Gasteiger charge is -2.08. The van der Waals surface area contributed by atoms with Crippen LogP contribution in [0, 0.1) is 12.7 Å². The number of carbonyl (C=O) groups is 1. The van der Waals surface area contributed by atoms with E-state index in [9.17, 15) is 9.18 Å². The lowest BCUT2D eigenvalue weighted by Crippen LogP contribution is -2.24. The number of benzene rings is 2. The van der Waals surface area contributed by atoms with Gasteiger partial charge in [-0.05, 0) is 18.6 Å². The molecule has 0 saturated heterocycles. The van der Waals surface area contributed by atoms with E-state index >= 15 is 0 Å². The topological polar surface area (TPSA) is 46.9 Å². The van der Waals surface area contributed by atoms with E-state index in [1.54, 1.807) is 24.4 Å². The number of halogens is 1. The highest BCUT2D eigenvalue weighted by Crippen LogP contribution is 2.17. The van der Waals surface area contributed by atoms with Crippen LogP contribution >= 0.6 is 0 Å². The molecule has 2 aromatic carbocycles. The normalized spacial score (nSPS) is 10.9. The number of hydrogen-bond donors (Lipinski definition) is 1. The van der Waals surface area contributed by atoms with Crippen molar-refractivity contribution in [3.05, 3.63) is 65.6 Å². The fourth-order valence-electron chi connectivity index (χ4n) is 2.63. The molecule has 1 heterocycles. The molecule has 3 rings (SSSR count). The van der Waals surface area contributed by atoms with E-state index in [2.05, 4.69) is 10.4 Å². The van der Waals surface area contributed by atoms with E-state index in [-0.39, 0.29) is 18.3 Å². The van der Waals surface area contributed by atoms with Crippen LogP contribution in [0.4, 0.5) is 4.39 Å². The van der Waals surface area contributed by atoms with Crippen LogP contribution in [0.3, 0.4) is 0 Å². The Morgan fingerprint density at radius 3 is 2.87 bits per heavy atom. The van der Waals surface area contributed by atoms with Crippen LogP contribution in [0.5, 0.6) is 0 Å². The lowest BCUT2D eigenvalue weighted by molar-refractivity contribution is -0.121. The number of nitrogens with one attached hydrogen (secondary N) is 1. The minimum absolute atomic E-state index is 0.120. The molecule has 1 aromatic heterocycles. The van der Waals surface area contributed by atoms with Crippen LogP contribution in [-0.4, -0.2) is 15.7 Å². The summed E-state index contributed by atoms with van der Waals surface area (Å²) in [7, 11) is 0. The Morgan fingerprint density at radius 2 is 2.04 bits per heavy atom. The van der Waals surface area contributed by atoms with Gasteiger partial charge in [0.15, 0.2) is 0 Å². The van der Waals surface area contributed by atoms with Crippen molar-refractivity contribution in [2.75, 3.05) is 0 Å². The minimum Gasteiger partial charge on any atom is -0.352 e. The number of hydrogen-bond acceptors (Lipinski definition) is 2. The van der Waals surface area contributed by atoms with Crippen molar-refractivity contribution >= 4 is 16.8 Å². The predicted octanol–water partition coefficient (Wildman–Crippen LogP) is 3.19. The molecule has 0 bridgehead atoms. The van der Waals surface area contributed by atoms with Gasteiger partial charge in [-0.15, -0.1) is 0 Å². The fourth-order valence-corrected chi connectivity index (χ4v) is 2.63. The maximum absolute atomic E-state index is 13.5. The molecule has 3 aromatic rings. The summed E-state index contributed by atoms with van der Waals surface area (Å²) in [6, 6.07) is 12.5. The number of fused-ring (bicyclic) bond motifs is 1. The first-order chi connectivity index (χ1) is 11.1. The zero-order valence-electron chi connectivity index (χ0n) is 12.9. The molecular weight excluding hydrogens is 293 g/mol. The zero-order valence-corrected chi connectivity index (χ0v) is 12.9. The molecule has 0 radical (unpaired) electrons. The van der Waals surface area contributed by atoms with E-state index in [1.165, 1.54) is 6.07 Å². The molecule has 0 saturated carbocycles. The van der Waals surface area contributed by atoms with E-state index in [0.717, 1.165) is 16.5 Å². The maximum Gasteiger partial charge on any atom is 0.222 e. The monoisotopic (exact) mass is 311 g/mol.